The van der Waals surface area contributed by atoms with Crippen molar-refractivity contribution in [3.05, 3.63) is 133 Å². The highest BCUT2D eigenvalue weighted by Gasteiger charge is 2.17. The maximum absolute atomic E-state index is 2.42. The molecule has 0 bridgehead atoms. The summed E-state index contributed by atoms with van der Waals surface area (Å²) in [7, 11) is 0. The Hall–Kier alpha value is -4.98. The summed E-state index contributed by atoms with van der Waals surface area (Å²) >= 11 is 1.90. The van der Waals surface area contributed by atoms with E-state index in [1.807, 2.05) is 11.3 Å². The lowest BCUT2D eigenvalue weighted by Crippen LogP contribution is -1.89. The van der Waals surface area contributed by atoms with Gasteiger partial charge in [-0.15, -0.1) is 11.3 Å². The molecule has 0 spiro atoms. The minimum Gasteiger partial charge on any atom is -0.135 e. The predicted octanol–water partition coefficient (Wildman–Crippen LogP) is 12.1. The van der Waals surface area contributed by atoms with E-state index in [1.54, 1.807) is 0 Å². The summed E-state index contributed by atoms with van der Waals surface area (Å²) in [4.78, 5) is 0. The van der Waals surface area contributed by atoms with Crippen molar-refractivity contribution in [2.75, 3.05) is 0 Å². The van der Waals surface area contributed by atoms with Gasteiger partial charge in [-0.2, -0.15) is 0 Å². The van der Waals surface area contributed by atoms with Gasteiger partial charge in [0.15, 0.2) is 0 Å². The van der Waals surface area contributed by atoms with Crippen molar-refractivity contribution < 1.29 is 0 Å². The van der Waals surface area contributed by atoms with Crippen LogP contribution in [0.5, 0.6) is 0 Å². The van der Waals surface area contributed by atoms with Crippen molar-refractivity contribution in [2.45, 2.75) is 0 Å². The molecule has 0 fully saturated rings. The number of fused-ring (bicyclic) bond motifs is 11. The molecule has 0 amide bonds. The normalized spacial score (nSPS) is 12.4. The second-order valence-corrected chi connectivity index (χ2v) is 12.3. The zero-order valence-electron chi connectivity index (χ0n) is 22.1. The monoisotopic (exact) mass is 534 g/mol. The molecule has 0 saturated heterocycles. The third-order valence-corrected chi connectivity index (χ3v) is 10.4. The summed E-state index contributed by atoms with van der Waals surface area (Å²) in [5.74, 6) is 0. The maximum atomic E-state index is 2.42. The number of hydrogen-bond acceptors (Lipinski definition) is 1. The topological polar surface area (TPSA) is 0 Å². The molecule has 0 saturated carbocycles. The van der Waals surface area contributed by atoms with Crippen molar-refractivity contribution in [2.24, 2.45) is 0 Å². The molecule has 0 aliphatic carbocycles. The highest BCUT2D eigenvalue weighted by atomic mass is 32.1. The van der Waals surface area contributed by atoms with Gasteiger partial charge in [-0.25, -0.2) is 0 Å². The van der Waals surface area contributed by atoms with E-state index in [9.17, 15) is 0 Å². The number of benzene rings is 9. The Morgan fingerprint density at radius 2 is 0.829 bits per heavy atom. The lowest BCUT2D eigenvalue weighted by molar-refractivity contribution is 1.71. The first-order valence-corrected chi connectivity index (χ1v) is 15.0. The first kappa shape index (κ1) is 21.8. The van der Waals surface area contributed by atoms with Crippen LogP contribution in [0.4, 0.5) is 0 Å². The maximum Gasteiger partial charge on any atom is 0.0433 e. The van der Waals surface area contributed by atoms with Crippen molar-refractivity contribution in [3.8, 4) is 11.1 Å². The van der Waals surface area contributed by atoms with Crippen LogP contribution in [0.25, 0.3) is 95.9 Å². The minimum absolute atomic E-state index is 1.26. The summed E-state index contributed by atoms with van der Waals surface area (Å²) in [6.07, 6.45) is 0. The van der Waals surface area contributed by atoms with Crippen LogP contribution < -0.4 is 0 Å². The molecule has 41 heavy (non-hydrogen) atoms. The molecule has 1 aromatic heterocycles. The van der Waals surface area contributed by atoms with E-state index in [1.165, 1.54) is 95.9 Å². The van der Waals surface area contributed by atoms with Gasteiger partial charge in [0, 0.05) is 20.2 Å². The molecule has 188 valence electrons. The molecular formula is C40H22S. The predicted molar refractivity (Wildman–Crippen MR) is 181 cm³/mol. The molecule has 0 aliphatic heterocycles. The van der Waals surface area contributed by atoms with Crippen LogP contribution in [0.15, 0.2) is 133 Å². The van der Waals surface area contributed by atoms with Crippen LogP contribution in [0.2, 0.25) is 0 Å². The minimum atomic E-state index is 1.26. The summed E-state index contributed by atoms with van der Waals surface area (Å²) in [5, 5.41) is 18.8. The Labute approximate surface area is 240 Å². The van der Waals surface area contributed by atoms with Gasteiger partial charge in [-0.3, -0.25) is 0 Å². The highest BCUT2D eigenvalue weighted by molar-refractivity contribution is 7.26. The summed E-state index contributed by atoms with van der Waals surface area (Å²) in [6, 6.07) is 49.9. The van der Waals surface area contributed by atoms with Crippen molar-refractivity contribution in [3.63, 3.8) is 0 Å². The van der Waals surface area contributed by atoms with E-state index in [-0.39, 0.29) is 0 Å². The van der Waals surface area contributed by atoms with Crippen LogP contribution in [0.1, 0.15) is 0 Å². The molecule has 0 aliphatic rings. The number of rotatable bonds is 1. The van der Waals surface area contributed by atoms with Gasteiger partial charge in [0.25, 0.3) is 0 Å². The Bertz CT molecular complexity index is 2690. The van der Waals surface area contributed by atoms with Gasteiger partial charge in [-0.1, -0.05) is 115 Å². The standard InChI is InChI=1S/C40H22S/c1-2-8-26-23(7-1)15-19-34-36-22-25(17-20-37(36)41-40(26)34)24-16-18-29-32-13-5-11-30-27-9-3-4-10-28(27)31-12-6-14-33(35(29)21-24)39(31)38(30)32/h1-22H. The number of hydrogen-bond donors (Lipinski definition) is 0. The first-order valence-electron chi connectivity index (χ1n) is 14.2. The van der Waals surface area contributed by atoms with Crippen LogP contribution >= 0.6 is 11.3 Å². The van der Waals surface area contributed by atoms with E-state index >= 15 is 0 Å². The SMILES string of the molecule is c1ccc2c(c1)ccc1c3cc(-c4ccc5c(c4)c4cccc6c7ccccc7c7cccc5c7c64)ccc3sc21. The van der Waals surface area contributed by atoms with Crippen LogP contribution in [-0.4, -0.2) is 0 Å². The fraction of sp³-hybridized carbons (Fsp3) is 0. The van der Waals surface area contributed by atoms with E-state index in [0.29, 0.717) is 0 Å². The molecule has 1 heteroatoms. The van der Waals surface area contributed by atoms with Gasteiger partial charge < -0.3 is 0 Å². The smallest absolute Gasteiger partial charge is 0.0433 e. The molecule has 0 atom stereocenters. The van der Waals surface area contributed by atoms with E-state index in [4.69, 9.17) is 0 Å². The molecule has 0 nitrogen and oxygen atoms in total. The van der Waals surface area contributed by atoms with Crippen LogP contribution in [-0.2, 0) is 0 Å². The third kappa shape index (κ3) is 2.84. The molecule has 10 rings (SSSR count). The Morgan fingerprint density at radius 3 is 1.54 bits per heavy atom. The molecule has 1 heterocycles. The Morgan fingerprint density at radius 1 is 0.317 bits per heavy atom. The zero-order chi connectivity index (χ0) is 26.7. The average Bonchev–Trinajstić information content (AvgIpc) is 3.43. The number of thiophene rings is 1. The molecule has 9 aromatic carbocycles. The zero-order valence-corrected chi connectivity index (χ0v) is 22.9. The molecule has 0 radical (unpaired) electrons. The van der Waals surface area contributed by atoms with Gasteiger partial charge in [-0.05, 0) is 94.0 Å². The average molecular weight is 535 g/mol. The Kier molecular flexibility index (Phi) is 4.15. The van der Waals surface area contributed by atoms with Crippen LogP contribution in [0, 0.1) is 0 Å². The Balaban J connectivity index is 1.28. The largest absolute Gasteiger partial charge is 0.135 e. The molecule has 0 unspecified atom stereocenters. The van der Waals surface area contributed by atoms with E-state index in [0.717, 1.165) is 0 Å². The lowest BCUT2D eigenvalue weighted by Gasteiger charge is -2.18. The molecular weight excluding hydrogens is 513 g/mol. The summed E-state index contributed by atoms with van der Waals surface area (Å²) in [6.45, 7) is 0. The van der Waals surface area contributed by atoms with Gasteiger partial charge >= 0.3 is 0 Å². The van der Waals surface area contributed by atoms with Crippen LogP contribution in [0.3, 0.4) is 0 Å². The molecule has 10 aromatic rings. The summed E-state index contributed by atoms with van der Waals surface area (Å²) in [5.41, 5.74) is 2.53. The van der Waals surface area contributed by atoms with Gasteiger partial charge in [0.05, 0.1) is 0 Å². The van der Waals surface area contributed by atoms with Crippen molar-refractivity contribution in [1.82, 2.24) is 0 Å². The van der Waals surface area contributed by atoms with Crippen molar-refractivity contribution >= 4 is 96.1 Å². The second-order valence-electron chi connectivity index (χ2n) is 11.2. The third-order valence-electron chi connectivity index (χ3n) is 9.18. The quantitative estimate of drug-likeness (QED) is 0.145. The van der Waals surface area contributed by atoms with Gasteiger partial charge in [0.2, 0.25) is 0 Å². The van der Waals surface area contributed by atoms with Gasteiger partial charge in [0.1, 0.15) is 0 Å². The fourth-order valence-electron chi connectivity index (χ4n) is 7.36. The van der Waals surface area contributed by atoms with E-state index < -0.39 is 0 Å². The lowest BCUT2D eigenvalue weighted by atomic mass is 9.85. The molecule has 0 N–H and O–H groups in total. The summed E-state index contributed by atoms with van der Waals surface area (Å²) < 4.78 is 2.72. The fourth-order valence-corrected chi connectivity index (χ4v) is 8.58. The first-order chi connectivity index (χ1) is 20.3. The second kappa shape index (κ2) is 7.81. The van der Waals surface area contributed by atoms with E-state index in [2.05, 4.69) is 133 Å². The van der Waals surface area contributed by atoms with Crippen molar-refractivity contribution in [1.29, 1.82) is 0 Å². The highest BCUT2D eigenvalue weighted by Crippen LogP contribution is 2.46.